The maximum Gasteiger partial charge on any atom is 0.498 e. The van der Waals surface area contributed by atoms with Gasteiger partial charge in [-0.2, -0.15) is 13.2 Å². The second-order valence-electron chi connectivity index (χ2n) is 11.7. The Kier molecular flexibility index (Phi) is 8.86. The molecule has 0 spiro atoms. The van der Waals surface area contributed by atoms with Crippen LogP contribution in [-0.2, 0) is 38.0 Å². The summed E-state index contributed by atoms with van der Waals surface area (Å²) in [6.45, 7) is 11.8. The second kappa shape index (κ2) is 11.3. The third-order valence-corrected chi connectivity index (χ3v) is 6.67. The van der Waals surface area contributed by atoms with E-state index < -0.39 is 60.2 Å². The fourth-order valence-electron chi connectivity index (χ4n) is 3.95. The average Bonchev–Trinajstić information content (AvgIpc) is 3.02. The smallest absolute Gasteiger partial charge is 0.489 e. The van der Waals surface area contributed by atoms with E-state index in [2.05, 4.69) is 5.32 Å². The van der Waals surface area contributed by atoms with E-state index in [1.807, 2.05) is 6.07 Å². The summed E-state index contributed by atoms with van der Waals surface area (Å²) in [6.07, 6.45) is -6.33. The highest BCUT2D eigenvalue weighted by molar-refractivity contribution is 6.63. The molecule has 1 atom stereocenters. The van der Waals surface area contributed by atoms with E-state index in [1.165, 1.54) is 0 Å². The number of carboxylic acid groups (broad SMARTS) is 1. The molecule has 1 saturated heterocycles. The number of alkyl halides is 3. The molecular formula is C28H35BF3NO7. The molecule has 12 heteroatoms. The summed E-state index contributed by atoms with van der Waals surface area (Å²) >= 11 is 0. The van der Waals surface area contributed by atoms with Crippen LogP contribution in [0.4, 0.5) is 18.0 Å². The van der Waals surface area contributed by atoms with Gasteiger partial charge in [0.1, 0.15) is 24.0 Å². The topological polar surface area (TPSA) is 103 Å². The van der Waals surface area contributed by atoms with Crippen molar-refractivity contribution in [1.82, 2.24) is 5.32 Å². The number of carboxylic acids is 1. The first-order chi connectivity index (χ1) is 18.3. The van der Waals surface area contributed by atoms with Crippen LogP contribution in [0.1, 0.15) is 65.2 Å². The zero-order valence-corrected chi connectivity index (χ0v) is 23.6. The van der Waals surface area contributed by atoms with Crippen LogP contribution >= 0.6 is 0 Å². The zero-order valence-electron chi connectivity index (χ0n) is 23.6. The summed E-state index contributed by atoms with van der Waals surface area (Å²) in [4.78, 5) is 24.5. The number of carbonyl (C=O) groups excluding carboxylic acids is 1. The van der Waals surface area contributed by atoms with Crippen molar-refractivity contribution in [2.24, 2.45) is 0 Å². The predicted molar refractivity (Wildman–Crippen MR) is 142 cm³/mol. The summed E-state index contributed by atoms with van der Waals surface area (Å²) < 4.78 is 65.6. The Morgan fingerprint density at radius 3 is 2.10 bits per heavy atom. The minimum absolute atomic E-state index is 0.0207. The quantitative estimate of drug-likeness (QED) is 0.429. The largest absolute Gasteiger partial charge is 0.498 e. The van der Waals surface area contributed by atoms with E-state index in [0.717, 1.165) is 17.7 Å². The molecule has 1 unspecified atom stereocenters. The van der Waals surface area contributed by atoms with Crippen LogP contribution in [0.25, 0.3) is 0 Å². The van der Waals surface area contributed by atoms with Gasteiger partial charge >= 0.3 is 25.4 Å². The van der Waals surface area contributed by atoms with Crippen molar-refractivity contribution in [1.29, 1.82) is 0 Å². The van der Waals surface area contributed by atoms with E-state index in [-0.39, 0.29) is 23.4 Å². The first-order valence-electron chi connectivity index (χ1n) is 12.8. The first-order valence-corrected chi connectivity index (χ1v) is 12.8. The Bertz CT molecular complexity index is 1210. The third-order valence-electron chi connectivity index (χ3n) is 6.67. The number of carbonyl (C=O) groups is 2. The van der Waals surface area contributed by atoms with Gasteiger partial charge in [0.25, 0.3) is 0 Å². The first kappa shape index (κ1) is 31.3. The van der Waals surface area contributed by atoms with Crippen LogP contribution in [0, 0.1) is 0 Å². The van der Waals surface area contributed by atoms with Crippen LogP contribution in [0.3, 0.4) is 0 Å². The van der Waals surface area contributed by atoms with Crippen LogP contribution < -0.4 is 15.5 Å². The maximum absolute atomic E-state index is 14.1. The fraction of sp³-hybridized carbons (Fsp3) is 0.500. The fourth-order valence-corrected chi connectivity index (χ4v) is 3.95. The lowest BCUT2D eigenvalue weighted by Crippen LogP contribution is -2.45. The Balaban J connectivity index is 2.12. The number of ether oxygens (including phenoxy) is 2. The molecule has 1 aliphatic rings. The number of hydrogen-bond acceptors (Lipinski definition) is 6. The van der Waals surface area contributed by atoms with Gasteiger partial charge in [-0.3, -0.25) is 0 Å². The lowest BCUT2D eigenvalue weighted by molar-refractivity contribution is -0.139. The Hall–Kier alpha value is -3.25. The molecule has 1 amide bonds. The highest BCUT2D eigenvalue weighted by Gasteiger charge is 2.53. The van der Waals surface area contributed by atoms with Crippen LogP contribution in [0.5, 0.6) is 5.75 Å². The van der Waals surface area contributed by atoms with Gasteiger partial charge in [-0.15, -0.1) is 0 Å². The van der Waals surface area contributed by atoms with Gasteiger partial charge in [-0.1, -0.05) is 30.3 Å². The number of rotatable bonds is 8. The van der Waals surface area contributed by atoms with Crippen LogP contribution in [0.15, 0.2) is 42.5 Å². The SMILES string of the molecule is CC(C)(C)OC(=O)NC(Cc1cc(C(F)(F)F)cc(B2OC(C)(C)C(C)(C)O2)c1OCc1ccccc1)C(=O)O. The van der Waals surface area contributed by atoms with Gasteiger partial charge in [-0.05, 0) is 71.7 Å². The summed E-state index contributed by atoms with van der Waals surface area (Å²) in [7, 11) is -1.24. The lowest BCUT2D eigenvalue weighted by atomic mass is 9.75. The minimum atomic E-state index is -4.78. The zero-order chi connectivity index (χ0) is 30.1. The minimum Gasteiger partial charge on any atom is -0.489 e. The molecule has 0 radical (unpaired) electrons. The summed E-state index contributed by atoms with van der Waals surface area (Å²) in [5, 5.41) is 12.1. The Labute approximate surface area is 232 Å². The predicted octanol–water partition coefficient (Wildman–Crippen LogP) is 5.10. The molecule has 40 heavy (non-hydrogen) atoms. The number of amides is 1. The molecular weight excluding hydrogens is 530 g/mol. The summed E-state index contributed by atoms with van der Waals surface area (Å²) in [5.74, 6) is -1.48. The number of hydrogen-bond donors (Lipinski definition) is 2. The highest BCUT2D eigenvalue weighted by atomic mass is 19.4. The van der Waals surface area contributed by atoms with E-state index in [9.17, 15) is 27.9 Å². The Morgan fingerprint density at radius 2 is 1.60 bits per heavy atom. The van der Waals surface area contributed by atoms with Crippen molar-refractivity contribution < 1.29 is 46.6 Å². The second-order valence-corrected chi connectivity index (χ2v) is 11.7. The van der Waals surface area contributed by atoms with Gasteiger partial charge in [0.05, 0.1) is 16.8 Å². The number of aliphatic carboxylic acids is 1. The molecule has 0 saturated carbocycles. The highest BCUT2D eigenvalue weighted by Crippen LogP contribution is 2.39. The molecule has 1 fully saturated rings. The standard InChI is InChI=1S/C28H35BF3NO7/c1-25(2,3)38-24(36)33-21(23(34)35)14-18-13-19(28(30,31)32)15-20(29-39-26(4,5)27(6,7)40-29)22(18)37-16-17-11-9-8-10-12-17/h8-13,15,21H,14,16H2,1-7H3,(H,33,36)(H,34,35). The molecule has 2 aromatic rings. The molecule has 1 heterocycles. The van der Waals surface area contributed by atoms with Crippen molar-refractivity contribution >= 4 is 24.6 Å². The molecule has 1 aliphatic heterocycles. The van der Waals surface area contributed by atoms with Crippen molar-refractivity contribution in [3.8, 4) is 5.75 Å². The number of halogens is 3. The monoisotopic (exact) mass is 565 g/mol. The van der Waals surface area contributed by atoms with E-state index >= 15 is 0 Å². The molecule has 8 nitrogen and oxygen atoms in total. The van der Waals surface area contributed by atoms with E-state index in [1.54, 1.807) is 72.7 Å². The Morgan fingerprint density at radius 1 is 1.02 bits per heavy atom. The van der Waals surface area contributed by atoms with Crippen molar-refractivity contribution in [3.05, 3.63) is 59.2 Å². The lowest BCUT2D eigenvalue weighted by Gasteiger charge is -2.32. The van der Waals surface area contributed by atoms with Gasteiger partial charge in [0.15, 0.2) is 0 Å². The molecule has 3 rings (SSSR count). The summed E-state index contributed by atoms with van der Waals surface area (Å²) in [6, 6.07) is 9.03. The van der Waals surface area contributed by atoms with E-state index in [0.29, 0.717) is 0 Å². The summed E-state index contributed by atoms with van der Waals surface area (Å²) in [5.41, 5.74) is -3.11. The van der Waals surface area contributed by atoms with Crippen molar-refractivity contribution in [3.63, 3.8) is 0 Å². The van der Waals surface area contributed by atoms with Gasteiger partial charge in [0.2, 0.25) is 0 Å². The van der Waals surface area contributed by atoms with Crippen LogP contribution in [-0.4, -0.2) is 47.1 Å². The number of alkyl carbamates (subject to hydrolysis) is 1. The van der Waals surface area contributed by atoms with E-state index in [4.69, 9.17) is 18.8 Å². The van der Waals surface area contributed by atoms with Crippen LogP contribution in [0.2, 0.25) is 0 Å². The normalized spacial score (nSPS) is 17.3. The third kappa shape index (κ3) is 7.69. The number of nitrogens with one attached hydrogen (secondary N) is 1. The van der Waals surface area contributed by atoms with Crippen molar-refractivity contribution in [2.45, 2.75) is 90.5 Å². The van der Waals surface area contributed by atoms with Gasteiger partial charge in [-0.25, -0.2) is 9.59 Å². The number of benzene rings is 2. The van der Waals surface area contributed by atoms with Gasteiger partial charge in [0, 0.05) is 11.9 Å². The van der Waals surface area contributed by atoms with Gasteiger partial charge < -0.3 is 29.2 Å². The molecule has 2 N–H and O–H groups in total. The maximum atomic E-state index is 14.1. The molecule has 2 aromatic carbocycles. The van der Waals surface area contributed by atoms with Crippen molar-refractivity contribution in [2.75, 3.05) is 0 Å². The molecule has 0 aliphatic carbocycles. The molecule has 218 valence electrons. The average molecular weight is 565 g/mol. The molecule has 0 aromatic heterocycles. The molecule has 0 bridgehead atoms.